The molecule has 1 aliphatic rings. The van der Waals surface area contributed by atoms with E-state index >= 15 is 0 Å². The van der Waals surface area contributed by atoms with Crippen LogP contribution in [0, 0.1) is 0 Å². The number of anilines is 1. The second-order valence-corrected chi connectivity index (χ2v) is 6.55. The molecule has 1 fully saturated rings. The van der Waals surface area contributed by atoms with E-state index in [0.717, 1.165) is 23.9 Å². The number of aromatic nitrogens is 2. The van der Waals surface area contributed by atoms with Crippen LogP contribution in [0.4, 0.5) is 5.95 Å². The largest absolute Gasteiger partial charge is 0.467 e. The predicted molar refractivity (Wildman–Crippen MR) is 104 cm³/mol. The van der Waals surface area contributed by atoms with E-state index in [0.29, 0.717) is 23.3 Å². The van der Waals surface area contributed by atoms with Crippen molar-refractivity contribution in [2.45, 2.75) is 44.7 Å². The number of benzene rings is 1. The highest BCUT2D eigenvalue weighted by Gasteiger charge is 2.23. The SMILES string of the molecule is Cl.NCc1cc(C(=O)Nc2nc3ccccc3n2C2CCCCC2)co1. The summed E-state index contributed by atoms with van der Waals surface area (Å²) in [5, 5.41) is 2.96. The number of carbonyl (C=O) groups is 1. The van der Waals surface area contributed by atoms with E-state index in [1.54, 1.807) is 6.07 Å². The van der Waals surface area contributed by atoms with Gasteiger partial charge in [-0.3, -0.25) is 10.1 Å². The fraction of sp³-hybridized carbons (Fsp3) is 0.368. The summed E-state index contributed by atoms with van der Waals surface area (Å²) in [7, 11) is 0. The monoisotopic (exact) mass is 374 g/mol. The van der Waals surface area contributed by atoms with E-state index in [2.05, 4.69) is 20.9 Å². The molecule has 0 spiro atoms. The van der Waals surface area contributed by atoms with Gasteiger partial charge in [-0.25, -0.2) is 4.98 Å². The Balaban J connectivity index is 0.00000196. The molecule has 0 saturated heterocycles. The molecule has 1 saturated carbocycles. The van der Waals surface area contributed by atoms with Crippen LogP contribution in [-0.2, 0) is 6.54 Å². The van der Waals surface area contributed by atoms with Gasteiger partial charge < -0.3 is 14.7 Å². The number of para-hydroxylation sites is 2. The zero-order valence-electron chi connectivity index (χ0n) is 14.5. The summed E-state index contributed by atoms with van der Waals surface area (Å²) < 4.78 is 7.46. The normalized spacial score (nSPS) is 15.0. The molecule has 0 atom stereocenters. The summed E-state index contributed by atoms with van der Waals surface area (Å²) in [5.41, 5.74) is 7.98. The van der Waals surface area contributed by atoms with Crippen LogP contribution in [0.2, 0.25) is 0 Å². The lowest BCUT2D eigenvalue weighted by Crippen LogP contribution is -2.19. The Kier molecular flexibility index (Phi) is 5.64. The lowest BCUT2D eigenvalue weighted by Gasteiger charge is -2.25. The van der Waals surface area contributed by atoms with Crippen molar-refractivity contribution >= 4 is 35.3 Å². The van der Waals surface area contributed by atoms with E-state index < -0.39 is 0 Å². The van der Waals surface area contributed by atoms with Crippen molar-refractivity contribution in [1.29, 1.82) is 0 Å². The molecule has 2 aromatic heterocycles. The van der Waals surface area contributed by atoms with Crippen molar-refractivity contribution in [1.82, 2.24) is 9.55 Å². The third-order valence-electron chi connectivity index (χ3n) is 4.88. The maximum absolute atomic E-state index is 12.6. The molecule has 1 aromatic carbocycles. The van der Waals surface area contributed by atoms with Crippen molar-refractivity contribution in [3.05, 3.63) is 47.9 Å². The van der Waals surface area contributed by atoms with Crippen molar-refractivity contribution in [3.63, 3.8) is 0 Å². The number of halogens is 1. The van der Waals surface area contributed by atoms with Gasteiger partial charge in [0, 0.05) is 6.04 Å². The zero-order valence-corrected chi connectivity index (χ0v) is 15.3. The van der Waals surface area contributed by atoms with Gasteiger partial charge in [0.05, 0.1) is 23.1 Å². The average molecular weight is 375 g/mol. The minimum atomic E-state index is -0.226. The van der Waals surface area contributed by atoms with E-state index in [1.165, 1.54) is 25.5 Å². The molecule has 4 rings (SSSR count). The number of furan rings is 1. The summed E-state index contributed by atoms with van der Waals surface area (Å²) in [6, 6.07) is 10.1. The first kappa shape index (κ1) is 18.5. The Labute approximate surface area is 158 Å². The number of rotatable bonds is 4. The number of hydrogen-bond acceptors (Lipinski definition) is 4. The topological polar surface area (TPSA) is 86.1 Å². The van der Waals surface area contributed by atoms with E-state index in [9.17, 15) is 4.79 Å². The second-order valence-electron chi connectivity index (χ2n) is 6.55. The van der Waals surface area contributed by atoms with E-state index in [-0.39, 0.29) is 24.9 Å². The smallest absolute Gasteiger partial charge is 0.261 e. The molecule has 1 amide bonds. The molecule has 3 aromatic rings. The second kappa shape index (κ2) is 7.93. The number of nitrogens with one attached hydrogen (secondary N) is 1. The molecule has 3 N–H and O–H groups in total. The number of amides is 1. The number of carbonyl (C=O) groups excluding carboxylic acids is 1. The summed E-state index contributed by atoms with van der Waals surface area (Å²) in [6.45, 7) is 0.272. The van der Waals surface area contributed by atoms with Gasteiger partial charge in [-0.2, -0.15) is 0 Å². The van der Waals surface area contributed by atoms with Gasteiger partial charge in [0.15, 0.2) is 0 Å². The molecule has 0 unspecified atom stereocenters. The minimum Gasteiger partial charge on any atom is -0.467 e. The van der Waals surface area contributed by atoms with Gasteiger partial charge in [-0.15, -0.1) is 12.4 Å². The fourth-order valence-electron chi connectivity index (χ4n) is 3.62. The minimum absolute atomic E-state index is 0. The maximum Gasteiger partial charge on any atom is 0.261 e. The predicted octanol–water partition coefficient (Wildman–Crippen LogP) is 4.27. The van der Waals surface area contributed by atoms with E-state index in [1.807, 2.05) is 18.2 Å². The van der Waals surface area contributed by atoms with Gasteiger partial charge >= 0.3 is 0 Å². The van der Waals surface area contributed by atoms with E-state index in [4.69, 9.17) is 10.2 Å². The number of hydrogen-bond donors (Lipinski definition) is 2. The molecule has 0 bridgehead atoms. The molecule has 2 heterocycles. The number of imidazole rings is 1. The standard InChI is InChI=1S/C19H22N4O2.ClH/c20-11-15-10-13(12-25-15)18(24)22-19-21-16-8-4-5-9-17(16)23(19)14-6-2-1-3-7-14;/h4-5,8-10,12,14H,1-3,6-7,11,20H2,(H,21,22,24);1H. The summed E-state index contributed by atoms with van der Waals surface area (Å²) in [4.78, 5) is 17.2. The molecular formula is C19H23ClN4O2. The Morgan fingerprint density at radius 1 is 1.27 bits per heavy atom. The van der Waals surface area contributed by atoms with Crippen molar-refractivity contribution < 1.29 is 9.21 Å². The Hall–Kier alpha value is -2.31. The first-order valence-corrected chi connectivity index (χ1v) is 8.82. The van der Waals surface area contributed by atoms with Crippen LogP contribution in [0.15, 0.2) is 41.0 Å². The van der Waals surface area contributed by atoms with Gasteiger partial charge in [0.25, 0.3) is 5.91 Å². The third kappa shape index (κ3) is 3.48. The lowest BCUT2D eigenvalue weighted by atomic mass is 9.95. The van der Waals surface area contributed by atoms with Gasteiger partial charge in [-0.1, -0.05) is 31.4 Å². The Bertz CT molecular complexity index is 896. The molecule has 138 valence electrons. The lowest BCUT2D eigenvalue weighted by molar-refractivity contribution is 0.102. The average Bonchev–Trinajstić information content (AvgIpc) is 3.26. The quantitative estimate of drug-likeness (QED) is 0.714. The summed E-state index contributed by atoms with van der Waals surface area (Å²) in [6.07, 6.45) is 7.38. The Morgan fingerprint density at radius 3 is 2.77 bits per heavy atom. The molecule has 1 aliphatic carbocycles. The van der Waals surface area contributed by atoms with Crippen molar-refractivity contribution in [2.24, 2.45) is 5.73 Å². The van der Waals surface area contributed by atoms with Crippen molar-refractivity contribution in [3.8, 4) is 0 Å². The molecule has 6 nitrogen and oxygen atoms in total. The molecule has 26 heavy (non-hydrogen) atoms. The van der Waals surface area contributed by atoms with Gasteiger partial charge in [-0.05, 0) is 31.0 Å². The van der Waals surface area contributed by atoms with Crippen LogP contribution in [0.25, 0.3) is 11.0 Å². The van der Waals surface area contributed by atoms with Crippen molar-refractivity contribution in [2.75, 3.05) is 5.32 Å². The van der Waals surface area contributed by atoms with Crippen LogP contribution >= 0.6 is 12.4 Å². The molecule has 7 heteroatoms. The first-order valence-electron chi connectivity index (χ1n) is 8.82. The highest BCUT2D eigenvalue weighted by molar-refractivity contribution is 6.04. The number of fused-ring (bicyclic) bond motifs is 1. The first-order chi connectivity index (χ1) is 12.3. The van der Waals surface area contributed by atoms with Crippen LogP contribution in [-0.4, -0.2) is 15.5 Å². The van der Waals surface area contributed by atoms with Gasteiger partial charge in [0.1, 0.15) is 12.0 Å². The van der Waals surface area contributed by atoms with Crippen LogP contribution in [0.5, 0.6) is 0 Å². The van der Waals surface area contributed by atoms with Crippen LogP contribution in [0.1, 0.15) is 54.3 Å². The van der Waals surface area contributed by atoms with Crippen LogP contribution < -0.4 is 11.1 Å². The van der Waals surface area contributed by atoms with Gasteiger partial charge in [0.2, 0.25) is 5.95 Å². The molecule has 0 radical (unpaired) electrons. The van der Waals surface area contributed by atoms with Crippen LogP contribution in [0.3, 0.4) is 0 Å². The summed E-state index contributed by atoms with van der Waals surface area (Å²) >= 11 is 0. The molecular weight excluding hydrogens is 352 g/mol. The fourth-order valence-corrected chi connectivity index (χ4v) is 3.62. The highest BCUT2D eigenvalue weighted by atomic mass is 35.5. The Morgan fingerprint density at radius 2 is 2.04 bits per heavy atom. The summed E-state index contributed by atoms with van der Waals surface area (Å²) in [5.74, 6) is 0.968. The highest BCUT2D eigenvalue weighted by Crippen LogP contribution is 2.34. The zero-order chi connectivity index (χ0) is 17.2. The molecule has 0 aliphatic heterocycles. The number of nitrogens with two attached hydrogens (primary N) is 1. The maximum atomic E-state index is 12.6. The number of nitrogens with zero attached hydrogens (tertiary/aromatic N) is 2. The third-order valence-corrected chi connectivity index (χ3v) is 4.88.